The number of nitrogens with one attached hydrogen (secondary N) is 1. The molecule has 1 radical (unpaired) electrons. The maximum Gasteiger partial charge on any atom is 0.573 e. The number of hydrogen-bond donors (Lipinski definition) is 1. The van der Waals surface area contributed by atoms with Gasteiger partial charge in [0.25, 0.3) is 0 Å². The summed E-state index contributed by atoms with van der Waals surface area (Å²) < 4.78 is 126. The Bertz CT molecular complexity index is 934. The predicted octanol–water partition coefficient (Wildman–Crippen LogP) is 5.94. The largest absolute Gasteiger partial charge is 0.573 e. The van der Waals surface area contributed by atoms with E-state index in [0.29, 0.717) is 25.9 Å². The summed E-state index contributed by atoms with van der Waals surface area (Å²) in [4.78, 5) is 2.01. The maximum absolute atomic E-state index is 12.9. The van der Waals surface area contributed by atoms with Crippen molar-refractivity contribution in [1.29, 1.82) is 0 Å². The summed E-state index contributed by atoms with van der Waals surface area (Å²) in [7, 11) is 0. The Balaban J connectivity index is 1.81. The molecule has 193 valence electrons. The van der Waals surface area contributed by atoms with Crippen molar-refractivity contribution in [2.75, 3.05) is 18.0 Å². The van der Waals surface area contributed by atoms with E-state index in [2.05, 4.69) is 25.6 Å². The number of nitrogens with zero attached hydrogens (tertiary/aromatic N) is 1. The lowest BCUT2D eigenvalue weighted by Gasteiger charge is -2.34. The number of benzene rings is 2. The number of hydrogen-bond acceptors (Lipinski definition) is 5. The highest BCUT2D eigenvalue weighted by molar-refractivity contribution is 5.51. The molecular formula is C21H18F9N2O3. The van der Waals surface area contributed by atoms with E-state index in [9.17, 15) is 39.5 Å². The number of piperidine rings is 1. The molecule has 0 amide bonds. The standard InChI is InChI=1S/C21H18F9N2O3/c22-19(23,24)33-15-10-17(34-20(25,26)27)16(18(11-15)35-21(28,29)30)12-31-13-6-8-32(9-7-13)14-4-2-1-3-5-14/h1-4,10-11,13,31H,6-9,12H2. The van der Waals surface area contributed by atoms with Gasteiger partial charge in [0, 0.05) is 49.6 Å². The Morgan fingerprint density at radius 2 is 1.37 bits per heavy atom. The van der Waals surface area contributed by atoms with E-state index >= 15 is 0 Å². The second-order valence-corrected chi connectivity index (χ2v) is 7.43. The summed E-state index contributed by atoms with van der Waals surface area (Å²) in [5.41, 5.74) is 0.0703. The van der Waals surface area contributed by atoms with Crippen molar-refractivity contribution in [3.05, 3.63) is 48.0 Å². The number of para-hydroxylation sites is 1. The molecule has 35 heavy (non-hydrogen) atoms. The minimum absolute atomic E-state index is 0.203. The zero-order valence-corrected chi connectivity index (χ0v) is 17.7. The van der Waals surface area contributed by atoms with Crippen LogP contribution in [0, 0.1) is 6.07 Å². The van der Waals surface area contributed by atoms with Gasteiger partial charge in [0.1, 0.15) is 17.2 Å². The van der Waals surface area contributed by atoms with Gasteiger partial charge < -0.3 is 24.4 Å². The number of alkyl halides is 9. The van der Waals surface area contributed by atoms with Crippen LogP contribution in [0.2, 0.25) is 0 Å². The molecule has 2 aromatic carbocycles. The number of halogens is 9. The van der Waals surface area contributed by atoms with Crippen molar-refractivity contribution in [1.82, 2.24) is 5.32 Å². The van der Waals surface area contributed by atoms with Gasteiger partial charge in [0.05, 0.1) is 5.56 Å². The van der Waals surface area contributed by atoms with E-state index in [0.717, 1.165) is 5.69 Å². The Morgan fingerprint density at radius 3 is 1.83 bits per heavy atom. The number of ether oxygens (including phenoxy) is 3. The molecule has 0 atom stereocenters. The Labute approximate surface area is 193 Å². The van der Waals surface area contributed by atoms with Gasteiger partial charge in [-0.15, -0.1) is 39.5 Å². The zero-order valence-electron chi connectivity index (χ0n) is 17.7. The molecule has 14 heteroatoms. The van der Waals surface area contributed by atoms with Crippen molar-refractivity contribution >= 4 is 5.69 Å². The third-order valence-corrected chi connectivity index (χ3v) is 4.92. The third kappa shape index (κ3) is 8.60. The first-order valence-corrected chi connectivity index (χ1v) is 10.1. The number of rotatable bonds is 7. The monoisotopic (exact) mass is 517 g/mol. The second-order valence-electron chi connectivity index (χ2n) is 7.43. The first kappa shape index (κ1) is 26.6. The molecule has 0 bridgehead atoms. The topological polar surface area (TPSA) is 43.0 Å². The van der Waals surface area contributed by atoms with Crippen LogP contribution in [0.15, 0.2) is 36.4 Å². The summed E-state index contributed by atoms with van der Waals surface area (Å²) in [5.74, 6) is -4.00. The molecule has 1 N–H and O–H groups in total. The summed E-state index contributed by atoms with van der Waals surface area (Å²) in [6.45, 7) is 0.466. The molecule has 2 aromatic rings. The molecule has 1 saturated heterocycles. The van der Waals surface area contributed by atoms with Gasteiger partial charge in [-0.1, -0.05) is 18.2 Å². The van der Waals surface area contributed by atoms with E-state index in [1.54, 1.807) is 12.1 Å². The Hall–Kier alpha value is -3.03. The Kier molecular flexibility index (Phi) is 7.82. The van der Waals surface area contributed by atoms with E-state index in [-0.39, 0.29) is 18.2 Å². The zero-order chi connectivity index (χ0) is 25.9. The molecular weight excluding hydrogens is 499 g/mol. The SMILES string of the molecule is FC(F)(F)Oc1cc(OC(F)(F)F)c(CNC2CCN(c3[c]cccc3)CC2)c(OC(F)(F)F)c1. The molecule has 0 unspecified atom stereocenters. The summed E-state index contributed by atoms with van der Waals surface area (Å²) in [6, 6.07) is 10.4. The lowest BCUT2D eigenvalue weighted by atomic mass is 10.0. The van der Waals surface area contributed by atoms with Crippen LogP contribution >= 0.6 is 0 Å². The molecule has 1 heterocycles. The average molecular weight is 517 g/mol. The van der Waals surface area contributed by atoms with Crippen LogP contribution in [-0.2, 0) is 6.54 Å². The lowest BCUT2D eigenvalue weighted by molar-refractivity contribution is -0.278. The molecule has 1 aliphatic heterocycles. The minimum Gasteiger partial charge on any atom is -0.406 e. The Morgan fingerprint density at radius 1 is 0.829 bits per heavy atom. The second kappa shape index (κ2) is 10.3. The van der Waals surface area contributed by atoms with E-state index in [4.69, 9.17) is 0 Å². The average Bonchev–Trinajstić information content (AvgIpc) is 2.71. The highest BCUT2D eigenvalue weighted by atomic mass is 19.4. The van der Waals surface area contributed by atoms with Crippen molar-refractivity contribution in [3.63, 3.8) is 0 Å². The molecule has 1 fully saturated rings. The summed E-state index contributed by atoms with van der Waals surface area (Å²) in [6.07, 6.45) is -15.2. The van der Waals surface area contributed by atoms with Crippen LogP contribution in [0.1, 0.15) is 18.4 Å². The van der Waals surface area contributed by atoms with Gasteiger partial charge in [-0.3, -0.25) is 0 Å². The van der Waals surface area contributed by atoms with Crippen LogP contribution in [0.3, 0.4) is 0 Å². The van der Waals surface area contributed by atoms with Crippen LogP contribution in [0.5, 0.6) is 17.2 Å². The third-order valence-electron chi connectivity index (χ3n) is 4.92. The quantitative estimate of drug-likeness (QED) is 0.461. The van der Waals surface area contributed by atoms with Gasteiger partial charge in [-0.05, 0) is 18.9 Å². The van der Waals surface area contributed by atoms with E-state index in [1.807, 2.05) is 17.0 Å². The first-order chi connectivity index (χ1) is 16.2. The van der Waals surface area contributed by atoms with Crippen molar-refractivity contribution < 1.29 is 53.7 Å². The predicted molar refractivity (Wildman–Crippen MR) is 104 cm³/mol. The molecule has 1 aliphatic rings. The van der Waals surface area contributed by atoms with Crippen LogP contribution in [0.25, 0.3) is 0 Å². The van der Waals surface area contributed by atoms with Gasteiger partial charge in [0.2, 0.25) is 0 Å². The smallest absolute Gasteiger partial charge is 0.406 e. The fourth-order valence-corrected chi connectivity index (χ4v) is 3.55. The molecule has 0 aromatic heterocycles. The summed E-state index contributed by atoms with van der Waals surface area (Å²) in [5, 5.41) is 2.84. The fraction of sp³-hybridized carbons (Fsp3) is 0.429. The highest BCUT2D eigenvalue weighted by Crippen LogP contribution is 2.40. The van der Waals surface area contributed by atoms with Crippen molar-refractivity contribution in [2.24, 2.45) is 0 Å². The first-order valence-electron chi connectivity index (χ1n) is 10.1. The van der Waals surface area contributed by atoms with Crippen molar-refractivity contribution in [2.45, 2.75) is 44.5 Å². The van der Waals surface area contributed by atoms with E-state index < -0.39 is 48.4 Å². The molecule has 0 aliphatic carbocycles. The van der Waals surface area contributed by atoms with Gasteiger partial charge in [0.15, 0.2) is 0 Å². The van der Waals surface area contributed by atoms with Gasteiger partial charge in [-0.2, -0.15) is 0 Å². The fourth-order valence-electron chi connectivity index (χ4n) is 3.55. The van der Waals surface area contributed by atoms with Crippen LogP contribution in [0.4, 0.5) is 45.2 Å². The molecule has 0 saturated carbocycles. The van der Waals surface area contributed by atoms with Crippen LogP contribution < -0.4 is 24.4 Å². The van der Waals surface area contributed by atoms with Crippen LogP contribution in [-0.4, -0.2) is 38.2 Å². The minimum atomic E-state index is -5.40. The normalized spacial score (nSPS) is 15.7. The van der Waals surface area contributed by atoms with Gasteiger partial charge in [-0.25, -0.2) is 0 Å². The molecule has 5 nitrogen and oxygen atoms in total. The number of anilines is 1. The maximum atomic E-state index is 12.9. The molecule has 3 rings (SSSR count). The van der Waals surface area contributed by atoms with Gasteiger partial charge >= 0.3 is 19.1 Å². The van der Waals surface area contributed by atoms with Crippen molar-refractivity contribution in [3.8, 4) is 17.2 Å². The molecule has 0 spiro atoms. The highest BCUT2D eigenvalue weighted by Gasteiger charge is 2.38. The van der Waals surface area contributed by atoms with E-state index in [1.165, 1.54) is 0 Å². The summed E-state index contributed by atoms with van der Waals surface area (Å²) >= 11 is 0. The lowest BCUT2D eigenvalue weighted by Crippen LogP contribution is -2.42.